The van der Waals surface area contributed by atoms with Gasteiger partial charge in [0.2, 0.25) is 10.0 Å². The third kappa shape index (κ3) is 4.38. The number of aromatic nitrogens is 3. The molecule has 3 N–H and O–H groups in total. The first-order valence-corrected chi connectivity index (χ1v) is 11.2. The Morgan fingerprint density at radius 2 is 1.76 bits per heavy atom. The average Bonchev–Trinajstić information content (AvgIpc) is 3.13. The number of hydrogen-bond donors (Lipinski definition) is 2. The van der Waals surface area contributed by atoms with Gasteiger partial charge in [0.25, 0.3) is 0 Å². The summed E-state index contributed by atoms with van der Waals surface area (Å²) in [5.74, 6) is 0.421. The van der Waals surface area contributed by atoms with Gasteiger partial charge in [-0.1, -0.05) is 48.5 Å². The predicted molar refractivity (Wildman–Crippen MR) is 116 cm³/mol. The third-order valence-electron chi connectivity index (χ3n) is 4.83. The number of nitrogen functional groups attached to an aromatic ring is 1. The zero-order valence-corrected chi connectivity index (χ0v) is 16.8. The van der Waals surface area contributed by atoms with Gasteiger partial charge in [-0.3, -0.25) is 0 Å². The fraction of sp³-hybridized carbons (Fsp3) is 0.238. The number of imidazole rings is 1. The van der Waals surface area contributed by atoms with Gasteiger partial charge in [-0.05, 0) is 24.5 Å². The number of sulfonamides is 1. The molecule has 0 bridgehead atoms. The van der Waals surface area contributed by atoms with E-state index in [-0.39, 0.29) is 5.75 Å². The number of aryl methyl sites for hydroxylation is 1. The highest BCUT2D eigenvalue weighted by Gasteiger charge is 2.13. The molecule has 0 unspecified atom stereocenters. The smallest absolute Gasteiger partial charge is 0.215 e. The van der Waals surface area contributed by atoms with Gasteiger partial charge >= 0.3 is 0 Å². The molecule has 2 aromatic heterocycles. The Kier molecular flexibility index (Phi) is 5.46. The monoisotopic (exact) mass is 409 g/mol. The minimum Gasteiger partial charge on any atom is -0.382 e. The Bertz CT molecular complexity index is 1240. The summed E-state index contributed by atoms with van der Waals surface area (Å²) in [4.78, 5) is 8.83. The molecule has 0 saturated heterocycles. The molecule has 29 heavy (non-hydrogen) atoms. The molecule has 7 nitrogen and oxygen atoms in total. The standard InChI is InChI=1S/C21H23N5O2S/c22-21-19-20(17-10-4-5-11-18(17)25-21)26(15-23-19)13-7-6-12-24-29(27,28)14-16-8-2-1-3-9-16/h1-5,8-11,15,24H,6-7,12-14H2,(H2,22,25). The van der Waals surface area contributed by atoms with Crippen LogP contribution in [0.4, 0.5) is 5.82 Å². The Morgan fingerprint density at radius 1 is 1.00 bits per heavy atom. The number of hydrogen-bond acceptors (Lipinski definition) is 5. The number of nitrogens with two attached hydrogens (primary N) is 1. The van der Waals surface area contributed by atoms with Gasteiger partial charge in [0.15, 0.2) is 5.82 Å². The van der Waals surface area contributed by atoms with Gasteiger partial charge in [-0.15, -0.1) is 0 Å². The second-order valence-corrected chi connectivity index (χ2v) is 8.80. The molecule has 2 aromatic carbocycles. The lowest BCUT2D eigenvalue weighted by molar-refractivity contribution is 0.568. The number of rotatable bonds is 8. The number of nitrogens with zero attached hydrogens (tertiary/aromatic N) is 3. The first-order chi connectivity index (χ1) is 14.0. The van der Waals surface area contributed by atoms with Gasteiger partial charge in [-0.25, -0.2) is 23.1 Å². The van der Waals surface area contributed by atoms with Crippen LogP contribution in [0.1, 0.15) is 18.4 Å². The van der Waals surface area contributed by atoms with Crippen molar-refractivity contribution in [3.05, 3.63) is 66.5 Å². The summed E-state index contributed by atoms with van der Waals surface area (Å²) in [7, 11) is -3.33. The summed E-state index contributed by atoms with van der Waals surface area (Å²) in [6, 6.07) is 17.0. The molecule has 2 heterocycles. The van der Waals surface area contributed by atoms with Crippen LogP contribution in [0.15, 0.2) is 60.9 Å². The number of unbranched alkanes of at least 4 members (excludes halogenated alkanes) is 1. The molecule has 0 aliphatic carbocycles. The number of para-hydroxylation sites is 1. The van der Waals surface area contributed by atoms with Crippen molar-refractivity contribution in [3.8, 4) is 0 Å². The summed E-state index contributed by atoms with van der Waals surface area (Å²) in [5, 5.41) is 1.01. The zero-order chi connectivity index (χ0) is 20.3. The molecule has 4 aromatic rings. The highest BCUT2D eigenvalue weighted by Crippen LogP contribution is 2.27. The zero-order valence-electron chi connectivity index (χ0n) is 16.0. The number of anilines is 1. The van der Waals surface area contributed by atoms with Gasteiger partial charge in [0, 0.05) is 18.5 Å². The van der Waals surface area contributed by atoms with Crippen LogP contribution in [0, 0.1) is 0 Å². The third-order valence-corrected chi connectivity index (χ3v) is 6.19. The van der Waals surface area contributed by atoms with E-state index in [0.29, 0.717) is 17.9 Å². The molecule has 150 valence electrons. The number of nitrogens with one attached hydrogen (secondary N) is 1. The van der Waals surface area contributed by atoms with Gasteiger partial charge in [-0.2, -0.15) is 0 Å². The van der Waals surface area contributed by atoms with Crippen molar-refractivity contribution in [3.63, 3.8) is 0 Å². The van der Waals surface area contributed by atoms with Crippen molar-refractivity contribution in [1.29, 1.82) is 0 Å². The van der Waals surface area contributed by atoms with Crippen LogP contribution in [-0.2, 0) is 22.3 Å². The van der Waals surface area contributed by atoms with Gasteiger partial charge < -0.3 is 10.3 Å². The van der Waals surface area contributed by atoms with Crippen molar-refractivity contribution in [2.24, 2.45) is 0 Å². The lowest BCUT2D eigenvalue weighted by Crippen LogP contribution is -2.26. The lowest BCUT2D eigenvalue weighted by atomic mass is 10.2. The first kappa shape index (κ1) is 19.4. The molecule has 0 spiro atoms. The molecular weight excluding hydrogens is 386 g/mol. The summed E-state index contributed by atoms with van der Waals surface area (Å²) < 4.78 is 29.2. The van der Waals surface area contributed by atoms with Crippen LogP contribution >= 0.6 is 0 Å². The molecule has 0 amide bonds. The highest BCUT2D eigenvalue weighted by molar-refractivity contribution is 7.88. The molecular formula is C21H23N5O2S. The SMILES string of the molecule is Nc1nc2ccccc2c2c1ncn2CCCCNS(=O)(=O)Cc1ccccc1. The molecule has 0 aliphatic heterocycles. The van der Waals surface area contributed by atoms with E-state index in [0.717, 1.165) is 41.4 Å². The van der Waals surface area contributed by atoms with Crippen LogP contribution in [0.3, 0.4) is 0 Å². The van der Waals surface area contributed by atoms with Gasteiger partial charge in [0.05, 0.1) is 23.1 Å². The number of fused-ring (bicyclic) bond motifs is 3. The van der Waals surface area contributed by atoms with Crippen molar-refractivity contribution in [2.45, 2.75) is 25.1 Å². The second-order valence-electron chi connectivity index (χ2n) is 7.00. The van der Waals surface area contributed by atoms with E-state index in [1.807, 2.05) is 54.6 Å². The fourth-order valence-corrected chi connectivity index (χ4v) is 4.64. The summed E-state index contributed by atoms with van der Waals surface area (Å²) in [6.45, 7) is 1.14. The van der Waals surface area contributed by atoms with E-state index < -0.39 is 10.0 Å². The second kappa shape index (κ2) is 8.18. The molecule has 4 rings (SSSR count). The van der Waals surface area contributed by atoms with E-state index in [2.05, 4.69) is 19.3 Å². The number of pyridine rings is 1. The predicted octanol–water partition coefficient (Wildman–Crippen LogP) is 3.07. The van der Waals surface area contributed by atoms with Crippen molar-refractivity contribution in [1.82, 2.24) is 19.3 Å². The molecule has 0 radical (unpaired) electrons. The van der Waals surface area contributed by atoms with E-state index in [4.69, 9.17) is 5.73 Å². The van der Waals surface area contributed by atoms with Crippen LogP contribution in [0.25, 0.3) is 21.9 Å². The maximum atomic E-state index is 12.2. The normalized spacial score (nSPS) is 12.0. The summed E-state index contributed by atoms with van der Waals surface area (Å²) in [5.41, 5.74) is 9.35. The van der Waals surface area contributed by atoms with Crippen LogP contribution < -0.4 is 10.5 Å². The Hall–Kier alpha value is -2.97. The summed E-state index contributed by atoms with van der Waals surface area (Å²) >= 11 is 0. The molecule has 0 saturated carbocycles. The van der Waals surface area contributed by atoms with Crippen molar-refractivity contribution < 1.29 is 8.42 Å². The number of benzene rings is 2. The van der Waals surface area contributed by atoms with Crippen molar-refractivity contribution >= 4 is 37.8 Å². The van der Waals surface area contributed by atoms with Crippen LogP contribution in [-0.4, -0.2) is 29.5 Å². The minimum atomic E-state index is -3.33. The molecule has 8 heteroatoms. The largest absolute Gasteiger partial charge is 0.382 e. The Morgan fingerprint density at radius 3 is 2.59 bits per heavy atom. The van der Waals surface area contributed by atoms with Crippen LogP contribution in [0.5, 0.6) is 0 Å². The quantitative estimate of drug-likeness (QED) is 0.435. The molecule has 0 aliphatic rings. The Labute approximate surface area is 169 Å². The summed E-state index contributed by atoms with van der Waals surface area (Å²) in [6.07, 6.45) is 3.32. The highest BCUT2D eigenvalue weighted by atomic mass is 32.2. The van der Waals surface area contributed by atoms with E-state index >= 15 is 0 Å². The molecule has 0 fully saturated rings. The lowest BCUT2D eigenvalue weighted by Gasteiger charge is -2.09. The van der Waals surface area contributed by atoms with E-state index in [9.17, 15) is 8.42 Å². The van der Waals surface area contributed by atoms with Crippen molar-refractivity contribution in [2.75, 3.05) is 12.3 Å². The van der Waals surface area contributed by atoms with Gasteiger partial charge in [0.1, 0.15) is 5.52 Å². The Balaban J connectivity index is 1.37. The fourth-order valence-electron chi connectivity index (χ4n) is 3.46. The maximum absolute atomic E-state index is 12.2. The minimum absolute atomic E-state index is 0.00172. The van der Waals surface area contributed by atoms with E-state index in [1.54, 1.807) is 6.33 Å². The first-order valence-electron chi connectivity index (χ1n) is 9.54. The maximum Gasteiger partial charge on any atom is 0.215 e. The van der Waals surface area contributed by atoms with E-state index in [1.165, 1.54) is 0 Å². The molecule has 0 atom stereocenters. The average molecular weight is 410 g/mol. The van der Waals surface area contributed by atoms with Crippen LogP contribution in [0.2, 0.25) is 0 Å². The topological polar surface area (TPSA) is 103 Å².